The van der Waals surface area contributed by atoms with E-state index in [2.05, 4.69) is 42.0 Å². The van der Waals surface area contributed by atoms with Crippen molar-refractivity contribution in [2.45, 2.75) is 38.3 Å². The summed E-state index contributed by atoms with van der Waals surface area (Å²) < 4.78 is 0. The Morgan fingerprint density at radius 1 is 1.37 bits per heavy atom. The topological polar surface area (TPSA) is 32.5 Å². The smallest absolute Gasteiger partial charge is 0.0473 e. The van der Waals surface area contributed by atoms with Crippen LogP contribution in [0.5, 0.6) is 0 Å². The Balaban J connectivity index is 1.88. The first kappa shape index (κ1) is 12.9. The summed E-state index contributed by atoms with van der Waals surface area (Å²) >= 11 is 0. The molecule has 2 aliphatic rings. The van der Waals surface area contributed by atoms with E-state index in [0.717, 1.165) is 13.1 Å². The summed E-state index contributed by atoms with van der Waals surface area (Å²) in [4.78, 5) is 4.93. The van der Waals surface area contributed by atoms with Crippen LogP contribution in [0, 0.1) is 0 Å². The Morgan fingerprint density at radius 2 is 2.21 bits per heavy atom. The van der Waals surface area contributed by atoms with Crippen LogP contribution in [0.2, 0.25) is 0 Å². The molecule has 1 aromatic rings. The minimum absolute atomic E-state index is 0.397. The Labute approximate surface area is 116 Å². The van der Waals surface area contributed by atoms with Gasteiger partial charge in [0, 0.05) is 37.9 Å². The highest BCUT2D eigenvalue weighted by Crippen LogP contribution is 2.33. The van der Waals surface area contributed by atoms with E-state index < -0.39 is 0 Å². The molecule has 1 saturated heterocycles. The predicted octanol–water partition coefficient (Wildman–Crippen LogP) is 2.16. The van der Waals surface area contributed by atoms with Gasteiger partial charge >= 0.3 is 0 Å². The zero-order valence-corrected chi connectivity index (χ0v) is 12.1. The van der Waals surface area contributed by atoms with Crippen molar-refractivity contribution in [1.29, 1.82) is 0 Å². The highest BCUT2D eigenvalue weighted by molar-refractivity contribution is 5.58. The highest BCUT2D eigenvalue weighted by atomic mass is 15.2. The second-order valence-electron chi connectivity index (χ2n) is 6.04. The molecule has 3 nitrogen and oxygen atoms in total. The monoisotopic (exact) mass is 259 g/mol. The van der Waals surface area contributed by atoms with Crippen molar-refractivity contribution in [3.63, 3.8) is 0 Å². The molecule has 1 fully saturated rings. The van der Waals surface area contributed by atoms with Crippen LogP contribution < -0.4 is 10.6 Å². The van der Waals surface area contributed by atoms with Gasteiger partial charge in [-0.1, -0.05) is 12.1 Å². The van der Waals surface area contributed by atoms with Gasteiger partial charge in [0.05, 0.1) is 0 Å². The van der Waals surface area contributed by atoms with Crippen LogP contribution >= 0.6 is 0 Å². The van der Waals surface area contributed by atoms with Crippen molar-refractivity contribution in [3.05, 3.63) is 29.3 Å². The second-order valence-corrected chi connectivity index (χ2v) is 6.04. The standard InChI is InChI=1S/C16H25N3/c1-12-4-3-8-19(12)16(11-17)13-5-6-15-14(10-13)7-9-18(15)2/h5-6,10,12,16H,3-4,7-9,11,17H2,1-2H3. The number of likely N-dealkylation sites (N-methyl/N-ethyl adjacent to an activating group) is 1. The Hall–Kier alpha value is -1.06. The van der Waals surface area contributed by atoms with E-state index in [0.29, 0.717) is 12.1 Å². The molecule has 19 heavy (non-hydrogen) atoms. The first-order chi connectivity index (χ1) is 9.20. The average molecular weight is 259 g/mol. The molecule has 0 bridgehead atoms. The van der Waals surface area contributed by atoms with Crippen LogP contribution in [0.1, 0.15) is 36.9 Å². The van der Waals surface area contributed by atoms with E-state index in [4.69, 9.17) is 5.73 Å². The van der Waals surface area contributed by atoms with E-state index in [-0.39, 0.29) is 0 Å². The molecule has 3 rings (SSSR count). The van der Waals surface area contributed by atoms with E-state index in [9.17, 15) is 0 Å². The maximum absolute atomic E-state index is 6.07. The number of benzene rings is 1. The summed E-state index contributed by atoms with van der Waals surface area (Å²) in [5.41, 5.74) is 10.4. The van der Waals surface area contributed by atoms with E-state index >= 15 is 0 Å². The molecular formula is C16H25N3. The Kier molecular flexibility index (Phi) is 3.50. The van der Waals surface area contributed by atoms with Crippen LogP contribution in [0.4, 0.5) is 5.69 Å². The lowest BCUT2D eigenvalue weighted by atomic mass is 10.0. The number of nitrogens with two attached hydrogens (primary N) is 1. The first-order valence-corrected chi connectivity index (χ1v) is 7.50. The van der Waals surface area contributed by atoms with Gasteiger partial charge in [-0.3, -0.25) is 4.90 Å². The third-order valence-electron chi connectivity index (χ3n) is 4.84. The molecule has 0 aliphatic carbocycles. The van der Waals surface area contributed by atoms with Crippen molar-refractivity contribution < 1.29 is 0 Å². The minimum Gasteiger partial charge on any atom is -0.374 e. The number of fused-ring (bicyclic) bond motifs is 1. The van der Waals surface area contributed by atoms with Crippen LogP contribution in [0.25, 0.3) is 0 Å². The fourth-order valence-electron chi connectivity index (χ4n) is 3.68. The summed E-state index contributed by atoms with van der Waals surface area (Å²) in [6, 6.07) is 8.02. The largest absolute Gasteiger partial charge is 0.374 e. The lowest BCUT2D eigenvalue weighted by molar-refractivity contribution is 0.195. The summed E-state index contributed by atoms with van der Waals surface area (Å²) in [6.07, 6.45) is 3.79. The number of anilines is 1. The second kappa shape index (κ2) is 5.14. The van der Waals surface area contributed by atoms with Crippen LogP contribution in [-0.2, 0) is 6.42 Å². The molecule has 0 aromatic heterocycles. The van der Waals surface area contributed by atoms with E-state index in [1.807, 2.05) is 0 Å². The van der Waals surface area contributed by atoms with Crippen molar-refractivity contribution in [2.24, 2.45) is 5.73 Å². The van der Waals surface area contributed by atoms with Crippen molar-refractivity contribution >= 4 is 5.69 Å². The Morgan fingerprint density at radius 3 is 2.89 bits per heavy atom. The molecule has 2 heterocycles. The van der Waals surface area contributed by atoms with Crippen LogP contribution in [-0.4, -0.2) is 37.6 Å². The Bertz CT molecular complexity index is 457. The molecule has 3 heteroatoms. The number of hydrogen-bond acceptors (Lipinski definition) is 3. The van der Waals surface area contributed by atoms with Gasteiger partial charge in [0.25, 0.3) is 0 Å². The molecule has 1 aromatic carbocycles. The SMILES string of the molecule is CC1CCCN1C(CN)c1ccc2c(c1)CCN2C. The zero-order valence-electron chi connectivity index (χ0n) is 12.1. The maximum Gasteiger partial charge on any atom is 0.0473 e. The summed E-state index contributed by atoms with van der Waals surface area (Å²) in [6.45, 7) is 5.39. The third-order valence-corrected chi connectivity index (χ3v) is 4.84. The molecule has 0 radical (unpaired) electrons. The fraction of sp³-hybridized carbons (Fsp3) is 0.625. The number of hydrogen-bond donors (Lipinski definition) is 1. The van der Waals surface area contributed by atoms with Gasteiger partial charge in [0.15, 0.2) is 0 Å². The third kappa shape index (κ3) is 2.26. The molecule has 2 atom stereocenters. The minimum atomic E-state index is 0.397. The number of rotatable bonds is 3. The van der Waals surface area contributed by atoms with E-state index in [1.165, 1.54) is 42.6 Å². The lowest BCUT2D eigenvalue weighted by Gasteiger charge is -2.31. The zero-order chi connectivity index (χ0) is 13.4. The number of likely N-dealkylation sites (tertiary alicyclic amines) is 1. The van der Waals surface area contributed by atoms with Crippen molar-refractivity contribution in [2.75, 3.05) is 31.6 Å². The molecule has 0 saturated carbocycles. The molecule has 2 N–H and O–H groups in total. The molecule has 0 spiro atoms. The molecule has 104 valence electrons. The predicted molar refractivity (Wildman–Crippen MR) is 80.6 cm³/mol. The molecule has 2 aliphatic heterocycles. The number of nitrogens with zero attached hydrogens (tertiary/aromatic N) is 2. The summed E-state index contributed by atoms with van der Waals surface area (Å²) in [5, 5.41) is 0. The van der Waals surface area contributed by atoms with Gasteiger partial charge in [-0.05, 0) is 49.9 Å². The molecular weight excluding hydrogens is 234 g/mol. The van der Waals surface area contributed by atoms with Gasteiger partial charge in [0.2, 0.25) is 0 Å². The van der Waals surface area contributed by atoms with Crippen LogP contribution in [0.3, 0.4) is 0 Å². The lowest BCUT2D eigenvalue weighted by Crippen LogP contribution is -2.36. The van der Waals surface area contributed by atoms with E-state index in [1.54, 1.807) is 0 Å². The summed E-state index contributed by atoms with van der Waals surface area (Å²) in [5.74, 6) is 0. The van der Waals surface area contributed by atoms with Crippen molar-refractivity contribution in [3.8, 4) is 0 Å². The quantitative estimate of drug-likeness (QED) is 0.903. The van der Waals surface area contributed by atoms with Crippen molar-refractivity contribution in [1.82, 2.24) is 4.90 Å². The summed E-state index contributed by atoms with van der Waals surface area (Å²) in [7, 11) is 2.18. The van der Waals surface area contributed by atoms with Gasteiger partial charge in [0.1, 0.15) is 0 Å². The normalized spacial score (nSPS) is 24.8. The van der Waals surface area contributed by atoms with Gasteiger partial charge in [-0.2, -0.15) is 0 Å². The maximum atomic E-state index is 6.07. The molecule has 2 unspecified atom stereocenters. The van der Waals surface area contributed by atoms with Gasteiger partial charge in [-0.25, -0.2) is 0 Å². The van der Waals surface area contributed by atoms with Crippen LogP contribution in [0.15, 0.2) is 18.2 Å². The average Bonchev–Trinajstić information content (AvgIpc) is 2.99. The fourth-order valence-corrected chi connectivity index (χ4v) is 3.68. The van der Waals surface area contributed by atoms with Gasteiger partial charge < -0.3 is 10.6 Å². The highest BCUT2D eigenvalue weighted by Gasteiger charge is 2.28. The first-order valence-electron chi connectivity index (χ1n) is 7.50. The van der Waals surface area contributed by atoms with Gasteiger partial charge in [-0.15, -0.1) is 0 Å². The molecule has 0 amide bonds.